The lowest BCUT2D eigenvalue weighted by molar-refractivity contribution is 0.385. The topological polar surface area (TPSA) is 35.2 Å². The van der Waals surface area contributed by atoms with E-state index in [1.807, 2.05) is 0 Å². The van der Waals surface area contributed by atoms with E-state index >= 15 is 0 Å². The largest absolute Gasteiger partial charge is 0.494 e. The van der Waals surface area contributed by atoms with Gasteiger partial charge in [-0.3, -0.25) is 0 Å². The molecule has 2 nitrogen and oxygen atoms in total. The Morgan fingerprint density at radius 3 is 2.35 bits per heavy atom. The number of aryl methyl sites for hydroxylation is 1. The maximum absolute atomic E-state index is 13.4. The van der Waals surface area contributed by atoms with Crippen LogP contribution in [0, 0.1) is 5.82 Å². The highest BCUT2D eigenvalue weighted by atomic mass is 19.1. The molecule has 2 aromatic carbocycles. The maximum atomic E-state index is 13.4. The lowest BCUT2D eigenvalue weighted by atomic mass is 9.98. The first-order chi connectivity index (χ1) is 9.63. The summed E-state index contributed by atoms with van der Waals surface area (Å²) < 4.78 is 18.4. The molecule has 20 heavy (non-hydrogen) atoms. The van der Waals surface area contributed by atoms with Gasteiger partial charge in [0.15, 0.2) is 11.6 Å². The Kier molecular flexibility index (Phi) is 4.74. The van der Waals surface area contributed by atoms with Crippen molar-refractivity contribution >= 4 is 0 Å². The molecule has 0 bridgehead atoms. The van der Waals surface area contributed by atoms with Crippen molar-refractivity contribution in [2.45, 2.75) is 25.8 Å². The lowest BCUT2D eigenvalue weighted by Crippen LogP contribution is -2.13. The molecule has 0 saturated carbocycles. The van der Waals surface area contributed by atoms with Crippen molar-refractivity contribution < 1.29 is 9.13 Å². The minimum Gasteiger partial charge on any atom is -0.494 e. The molecule has 3 heteroatoms. The molecule has 1 atom stereocenters. The summed E-state index contributed by atoms with van der Waals surface area (Å²) >= 11 is 0. The van der Waals surface area contributed by atoms with Crippen LogP contribution >= 0.6 is 0 Å². The van der Waals surface area contributed by atoms with E-state index < -0.39 is 0 Å². The molecule has 0 amide bonds. The van der Waals surface area contributed by atoms with Crippen LogP contribution in [0.5, 0.6) is 5.75 Å². The lowest BCUT2D eigenvalue weighted by Gasteiger charge is -2.14. The van der Waals surface area contributed by atoms with Crippen molar-refractivity contribution in [3.63, 3.8) is 0 Å². The first kappa shape index (κ1) is 14.5. The van der Waals surface area contributed by atoms with Gasteiger partial charge < -0.3 is 10.5 Å². The number of benzene rings is 2. The van der Waals surface area contributed by atoms with Crippen molar-refractivity contribution in [1.82, 2.24) is 0 Å². The highest BCUT2D eigenvalue weighted by Crippen LogP contribution is 2.23. The summed E-state index contributed by atoms with van der Waals surface area (Å²) in [6.45, 7) is 2.13. The zero-order valence-electron chi connectivity index (χ0n) is 11.9. The fourth-order valence-corrected chi connectivity index (χ4v) is 2.19. The van der Waals surface area contributed by atoms with Gasteiger partial charge in [-0.25, -0.2) is 4.39 Å². The third-order valence-corrected chi connectivity index (χ3v) is 3.49. The molecule has 0 fully saturated rings. The quantitative estimate of drug-likeness (QED) is 0.902. The van der Waals surface area contributed by atoms with E-state index in [0.29, 0.717) is 0 Å². The molecule has 0 saturated heterocycles. The fraction of sp³-hybridized carbons (Fsp3) is 0.294. The van der Waals surface area contributed by atoms with Crippen molar-refractivity contribution in [3.8, 4) is 5.75 Å². The Morgan fingerprint density at radius 2 is 1.75 bits per heavy atom. The Hall–Kier alpha value is -1.87. The number of methoxy groups -OCH3 is 1. The Morgan fingerprint density at radius 1 is 1.10 bits per heavy atom. The van der Waals surface area contributed by atoms with Gasteiger partial charge in [-0.1, -0.05) is 37.3 Å². The van der Waals surface area contributed by atoms with Crippen molar-refractivity contribution in [2.24, 2.45) is 5.73 Å². The number of hydrogen-bond donors (Lipinski definition) is 1. The maximum Gasteiger partial charge on any atom is 0.165 e. The average Bonchev–Trinajstić information content (AvgIpc) is 2.48. The van der Waals surface area contributed by atoms with Crippen LogP contribution in [0.15, 0.2) is 42.5 Å². The predicted molar refractivity (Wildman–Crippen MR) is 79.4 cm³/mol. The number of rotatable bonds is 5. The van der Waals surface area contributed by atoms with Crippen LogP contribution in [-0.4, -0.2) is 7.11 Å². The minimum atomic E-state index is -0.365. The summed E-state index contributed by atoms with van der Waals surface area (Å²) in [5.74, 6) is -0.130. The highest BCUT2D eigenvalue weighted by Gasteiger charge is 2.11. The van der Waals surface area contributed by atoms with Gasteiger partial charge in [-0.05, 0) is 41.7 Å². The second kappa shape index (κ2) is 6.53. The average molecular weight is 273 g/mol. The van der Waals surface area contributed by atoms with Crippen LogP contribution in [0.4, 0.5) is 4.39 Å². The number of ether oxygens (including phenoxy) is 1. The number of nitrogens with two attached hydrogens (primary N) is 1. The summed E-state index contributed by atoms with van der Waals surface area (Å²) in [5.41, 5.74) is 9.56. The molecule has 0 aliphatic carbocycles. The predicted octanol–water partition coefficient (Wildman–Crippen LogP) is 3.64. The Bertz CT molecular complexity index is 566. The van der Waals surface area contributed by atoms with Gasteiger partial charge in [-0.15, -0.1) is 0 Å². The molecule has 1 unspecified atom stereocenters. The van der Waals surface area contributed by atoms with E-state index in [0.717, 1.165) is 18.4 Å². The van der Waals surface area contributed by atoms with Crippen molar-refractivity contribution in [3.05, 3.63) is 65.0 Å². The molecule has 2 aromatic rings. The summed E-state index contributed by atoms with van der Waals surface area (Å²) in [6, 6.07) is 13.0. The summed E-state index contributed by atoms with van der Waals surface area (Å²) in [4.78, 5) is 0. The van der Waals surface area contributed by atoms with Gasteiger partial charge in [0.05, 0.1) is 7.11 Å². The van der Waals surface area contributed by atoms with Crippen molar-refractivity contribution in [2.75, 3.05) is 7.11 Å². The molecular weight excluding hydrogens is 253 g/mol. The van der Waals surface area contributed by atoms with Gasteiger partial charge in [0.1, 0.15) is 0 Å². The van der Waals surface area contributed by atoms with Crippen LogP contribution in [0.1, 0.15) is 29.7 Å². The van der Waals surface area contributed by atoms with Crippen molar-refractivity contribution in [1.29, 1.82) is 0 Å². The van der Waals surface area contributed by atoms with Gasteiger partial charge in [0.25, 0.3) is 0 Å². The number of halogens is 1. The molecule has 0 aromatic heterocycles. The van der Waals surface area contributed by atoms with E-state index in [4.69, 9.17) is 10.5 Å². The molecule has 0 aliphatic heterocycles. The van der Waals surface area contributed by atoms with E-state index in [2.05, 4.69) is 31.2 Å². The fourth-order valence-electron chi connectivity index (χ4n) is 2.19. The van der Waals surface area contributed by atoms with Gasteiger partial charge in [-0.2, -0.15) is 0 Å². The molecular formula is C17H20FNO. The molecule has 0 radical (unpaired) electrons. The highest BCUT2D eigenvalue weighted by molar-refractivity contribution is 5.33. The third-order valence-electron chi connectivity index (χ3n) is 3.49. The number of hydrogen-bond acceptors (Lipinski definition) is 2. The van der Waals surface area contributed by atoms with Gasteiger partial charge in [0.2, 0.25) is 0 Å². The molecule has 106 valence electrons. The third kappa shape index (κ3) is 3.36. The van der Waals surface area contributed by atoms with Crippen LogP contribution in [0.3, 0.4) is 0 Å². The Labute approximate surface area is 119 Å². The normalized spacial score (nSPS) is 12.2. The molecule has 0 heterocycles. The zero-order chi connectivity index (χ0) is 14.5. The zero-order valence-corrected chi connectivity index (χ0v) is 11.9. The van der Waals surface area contributed by atoms with E-state index in [-0.39, 0.29) is 17.6 Å². The summed E-state index contributed by atoms with van der Waals surface area (Å²) in [6.07, 6.45) is 1.75. The van der Waals surface area contributed by atoms with Crippen LogP contribution < -0.4 is 10.5 Å². The van der Waals surface area contributed by atoms with Gasteiger partial charge in [0, 0.05) is 6.04 Å². The molecule has 2 N–H and O–H groups in total. The Balaban J connectivity index is 2.12. The monoisotopic (exact) mass is 273 g/mol. The molecule has 0 spiro atoms. The second-order valence-corrected chi connectivity index (χ2v) is 4.87. The smallest absolute Gasteiger partial charge is 0.165 e. The second-order valence-electron chi connectivity index (χ2n) is 4.87. The summed E-state index contributed by atoms with van der Waals surface area (Å²) in [7, 11) is 1.46. The SMILES string of the molecule is CCc1ccc(CC(N)c2ccc(F)c(OC)c2)cc1. The van der Waals surface area contributed by atoms with Gasteiger partial charge >= 0.3 is 0 Å². The molecule has 2 rings (SSSR count). The molecule has 0 aliphatic rings. The van der Waals surface area contributed by atoms with E-state index in [9.17, 15) is 4.39 Å². The minimum absolute atomic E-state index is 0.169. The van der Waals surface area contributed by atoms with E-state index in [1.54, 1.807) is 12.1 Å². The first-order valence-corrected chi connectivity index (χ1v) is 6.81. The van der Waals surface area contributed by atoms with E-state index in [1.165, 1.54) is 24.3 Å². The van der Waals surface area contributed by atoms with Crippen LogP contribution in [0.25, 0.3) is 0 Å². The standard InChI is InChI=1S/C17H20FNO/c1-3-12-4-6-13(7-5-12)10-16(19)14-8-9-15(18)17(11-14)20-2/h4-9,11,16H,3,10,19H2,1-2H3. The van der Waals surface area contributed by atoms with Crippen LogP contribution in [0.2, 0.25) is 0 Å². The van der Waals surface area contributed by atoms with Crippen LogP contribution in [-0.2, 0) is 12.8 Å². The first-order valence-electron chi connectivity index (χ1n) is 6.81. The summed E-state index contributed by atoms with van der Waals surface area (Å²) in [5, 5.41) is 0.